The molecule has 1 aromatic carbocycles. The molecule has 0 radical (unpaired) electrons. The molecule has 2 aromatic rings. The quantitative estimate of drug-likeness (QED) is 0.630. The Kier molecular flexibility index (Phi) is 5.90. The molecular weight excluding hydrogens is 284 g/mol. The SMILES string of the molecule is CCCCNC(=S)Nc1ccc(Oc2ccccc2)nn1. The second kappa shape index (κ2) is 8.16. The van der Waals surface area contributed by atoms with Gasteiger partial charge in [0.15, 0.2) is 10.9 Å². The van der Waals surface area contributed by atoms with Crippen molar-refractivity contribution < 1.29 is 4.74 Å². The monoisotopic (exact) mass is 302 g/mol. The highest BCUT2D eigenvalue weighted by atomic mass is 32.1. The minimum Gasteiger partial charge on any atom is -0.438 e. The molecule has 0 aliphatic carbocycles. The first-order chi connectivity index (χ1) is 10.3. The summed E-state index contributed by atoms with van der Waals surface area (Å²) in [6.07, 6.45) is 2.21. The summed E-state index contributed by atoms with van der Waals surface area (Å²) in [4.78, 5) is 0. The van der Waals surface area contributed by atoms with Crippen LogP contribution in [-0.2, 0) is 0 Å². The lowest BCUT2D eigenvalue weighted by Crippen LogP contribution is -2.29. The number of anilines is 1. The third-order valence-electron chi connectivity index (χ3n) is 2.66. The zero-order valence-electron chi connectivity index (χ0n) is 11.9. The van der Waals surface area contributed by atoms with E-state index in [1.807, 2.05) is 30.3 Å². The fourth-order valence-electron chi connectivity index (χ4n) is 1.59. The van der Waals surface area contributed by atoms with Gasteiger partial charge in [-0.1, -0.05) is 31.5 Å². The van der Waals surface area contributed by atoms with Crippen LogP contribution in [0.25, 0.3) is 0 Å². The zero-order valence-corrected chi connectivity index (χ0v) is 12.7. The second-order valence-corrected chi connectivity index (χ2v) is 4.81. The van der Waals surface area contributed by atoms with E-state index >= 15 is 0 Å². The average Bonchev–Trinajstić information content (AvgIpc) is 2.51. The molecular formula is C15H18N4OS. The summed E-state index contributed by atoms with van der Waals surface area (Å²) in [7, 11) is 0. The molecule has 2 rings (SSSR count). The standard InChI is InChI=1S/C15H18N4OS/c1-2-3-11-16-15(21)17-13-9-10-14(19-18-13)20-12-7-5-4-6-8-12/h4-10H,2-3,11H2,1H3,(H2,16,17,18,21). The van der Waals surface area contributed by atoms with Crippen molar-refractivity contribution in [1.82, 2.24) is 15.5 Å². The van der Waals surface area contributed by atoms with Crippen LogP contribution in [0.1, 0.15) is 19.8 Å². The molecule has 0 saturated heterocycles. The van der Waals surface area contributed by atoms with E-state index in [4.69, 9.17) is 17.0 Å². The predicted molar refractivity (Wildman–Crippen MR) is 87.7 cm³/mol. The number of nitrogens with one attached hydrogen (secondary N) is 2. The Labute approximate surface area is 129 Å². The van der Waals surface area contributed by atoms with E-state index in [9.17, 15) is 0 Å². The van der Waals surface area contributed by atoms with Crippen LogP contribution < -0.4 is 15.4 Å². The highest BCUT2D eigenvalue weighted by Crippen LogP contribution is 2.18. The Morgan fingerprint density at radius 3 is 2.62 bits per heavy atom. The van der Waals surface area contributed by atoms with Gasteiger partial charge < -0.3 is 15.4 Å². The molecule has 110 valence electrons. The molecule has 6 heteroatoms. The lowest BCUT2D eigenvalue weighted by atomic mass is 10.3. The summed E-state index contributed by atoms with van der Waals surface area (Å²) < 4.78 is 5.57. The maximum atomic E-state index is 5.57. The zero-order chi connectivity index (χ0) is 14.9. The first-order valence-electron chi connectivity index (χ1n) is 6.89. The number of para-hydroxylation sites is 1. The van der Waals surface area contributed by atoms with Gasteiger partial charge in [-0.05, 0) is 36.8 Å². The van der Waals surface area contributed by atoms with Gasteiger partial charge in [0, 0.05) is 12.6 Å². The highest BCUT2D eigenvalue weighted by molar-refractivity contribution is 7.80. The Hall–Kier alpha value is -2.21. The van der Waals surface area contributed by atoms with E-state index in [1.165, 1.54) is 0 Å². The van der Waals surface area contributed by atoms with Gasteiger partial charge in [0.25, 0.3) is 0 Å². The van der Waals surface area contributed by atoms with Crippen LogP contribution in [0.3, 0.4) is 0 Å². The molecule has 21 heavy (non-hydrogen) atoms. The number of unbranched alkanes of at least 4 members (excludes halogenated alkanes) is 1. The molecule has 0 aliphatic rings. The van der Waals surface area contributed by atoms with Crippen LogP contribution in [0.4, 0.5) is 5.82 Å². The van der Waals surface area contributed by atoms with Gasteiger partial charge in [-0.25, -0.2) is 0 Å². The lowest BCUT2D eigenvalue weighted by molar-refractivity contribution is 0.455. The topological polar surface area (TPSA) is 59.1 Å². The normalized spacial score (nSPS) is 9.95. The first-order valence-corrected chi connectivity index (χ1v) is 7.30. The van der Waals surface area contributed by atoms with Crippen molar-refractivity contribution in [3.05, 3.63) is 42.5 Å². The fraction of sp³-hybridized carbons (Fsp3) is 0.267. The molecule has 0 saturated carbocycles. The van der Waals surface area contributed by atoms with Crippen LogP contribution in [0, 0.1) is 0 Å². The van der Waals surface area contributed by atoms with Crippen LogP contribution in [-0.4, -0.2) is 21.9 Å². The van der Waals surface area contributed by atoms with Crippen LogP contribution in [0.15, 0.2) is 42.5 Å². The fourth-order valence-corrected chi connectivity index (χ4v) is 1.80. The molecule has 0 fully saturated rings. The van der Waals surface area contributed by atoms with Gasteiger partial charge in [0.05, 0.1) is 0 Å². The van der Waals surface area contributed by atoms with Crippen LogP contribution >= 0.6 is 12.2 Å². The molecule has 0 aliphatic heterocycles. The van der Waals surface area contributed by atoms with Gasteiger partial charge >= 0.3 is 0 Å². The van der Waals surface area contributed by atoms with Crippen molar-refractivity contribution in [2.24, 2.45) is 0 Å². The van der Waals surface area contributed by atoms with E-state index in [1.54, 1.807) is 12.1 Å². The Balaban J connectivity index is 1.85. The number of hydrogen-bond acceptors (Lipinski definition) is 4. The number of thiocarbonyl (C=S) groups is 1. The van der Waals surface area contributed by atoms with Crippen molar-refractivity contribution in [1.29, 1.82) is 0 Å². The summed E-state index contributed by atoms with van der Waals surface area (Å²) in [6.45, 7) is 2.99. The summed E-state index contributed by atoms with van der Waals surface area (Å²) in [6, 6.07) is 13.0. The molecule has 1 aromatic heterocycles. The molecule has 0 unspecified atom stereocenters. The van der Waals surface area contributed by atoms with Crippen molar-refractivity contribution >= 4 is 23.1 Å². The second-order valence-electron chi connectivity index (χ2n) is 4.41. The van der Waals surface area contributed by atoms with Gasteiger partial charge in [-0.2, -0.15) is 0 Å². The number of benzene rings is 1. The Morgan fingerprint density at radius 1 is 1.14 bits per heavy atom. The van der Waals surface area contributed by atoms with Crippen molar-refractivity contribution in [3.8, 4) is 11.6 Å². The third kappa shape index (κ3) is 5.35. The van der Waals surface area contributed by atoms with Crippen molar-refractivity contribution in [3.63, 3.8) is 0 Å². The maximum Gasteiger partial charge on any atom is 0.238 e. The summed E-state index contributed by atoms with van der Waals surface area (Å²) >= 11 is 5.17. The Morgan fingerprint density at radius 2 is 1.95 bits per heavy atom. The number of hydrogen-bond donors (Lipinski definition) is 2. The predicted octanol–water partition coefficient (Wildman–Crippen LogP) is 3.36. The number of rotatable bonds is 6. The minimum absolute atomic E-state index is 0.441. The molecule has 5 nitrogen and oxygen atoms in total. The van der Waals surface area contributed by atoms with E-state index in [-0.39, 0.29) is 0 Å². The Bertz CT molecular complexity index is 560. The van der Waals surface area contributed by atoms with E-state index in [0.717, 1.165) is 25.1 Å². The van der Waals surface area contributed by atoms with Crippen molar-refractivity contribution in [2.45, 2.75) is 19.8 Å². The molecule has 1 heterocycles. The molecule has 0 bridgehead atoms. The van der Waals surface area contributed by atoms with E-state index in [2.05, 4.69) is 27.8 Å². The van der Waals surface area contributed by atoms with Crippen LogP contribution in [0.5, 0.6) is 11.6 Å². The summed E-state index contributed by atoms with van der Waals surface area (Å²) in [5.41, 5.74) is 0. The third-order valence-corrected chi connectivity index (χ3v) is 2.91. The van der Waals surface area contributed by atoms with E-state index < -0.39 is 0 Å². The molecule has 0 atom stereocenters. The number of nitrogens with zero attached hydrogens (tertiary/aromatic N) is 2. The first kappa shape index (κ1) is 15.2. The molecule has 2 N–H and O–H groups in total. The number of ether oxygens (including phenoxy) is 1. The van der Waals surface area contributed by atoms with Gasteiger partial charge in [-0.3, -0.25) is 0 Å². The molecule has 0 amide bonds. The average molecular weight is 302 g/mol. The maximum absolute atomic E-state index is 5.57. The van der Waals surface area contributed by atoms with Gasteiger partial charge in [0.2, 0.25) is 5.88 Å². The lowest BCUT2D eigenvalue weighted by Gasteiger charge is -2.09. The summed E-state index contributed by atoms with van der Waals surface area (Å²) in [5, 5.41) is 14.7. The summed E-state index contributed by atoms with van der Waals surface area (Å²) in [5.74, 6) is 1.75. The van der Waals surface area contributed by atoms with Gasteiger partial charge in [-0.15, -0.1) is 10.2 Å². The smallest absolute Gasteiger partial charge is 0.238 e. The van der Waals surface area contributed by atoms with E-state index in [0.29, 0.717) is 16.8 Å². The van der Waals surface area contributed by atoms with Crippen molar-refractivity contribution in [2.75, 3.05) is 11.9 Å². The highest BCUT2D eigenvalue weighted by Gasteiger charge is 2.02. The largest absolute Gasteiger partial charge is 0.438 e. The van der Waals surface area contributed by atoms with Gasteiger partial charge in [0.1, 0.15) is 5.75 Å². The van der Waals surface area contributed by atoms with Crippen LogP contribution in [0.2, 0.25) is 0 Å². The minimum atomic E-state index is 0.441. The molecule has 0 spiro atoms. The number of aromatic nitrogens is 2.